The van der Waals surface area contributed by atoms with Crippen LogP contribution in [0.2, 0.25) is 0 Å². The molecule has 2 aromatic rings. The molecular weight excluding hydrogens is 296 g/mol. The van der Waals surface area contributed by atoms with Crippen LogP contribution in [0, 0.1) is 11.8 Å². The molecule has 0 spiro atoms. The van der Waals surface area contributed by atoms with E-state index in [0.29, 0.717) is 23.9 Å². The second-order valence-corrected chi connectivity index (χ2v) is 7.37. The van der Waals surface area contributed by atoms with Crippen molar-refractivity contribution in [2.45, 2.75) is 46.3 Å². The first-order valence-electron chi connectivity index (χ1n) is 8.99. The lowest BCUT2D eigenvalue weighted by atomic mass is 9.90. The van der Waals surface area contributed by atoms with Gasteiger partial charge in [0, 0.05) is 11.5 Å². The average molecular weight is 324 g/mol. The second kappa shape index (κ2) is 7.40. The van der Waals surface area contributed by atoms with E-state index in [9.17, 15) is 0 Å². The maximum absolute atomic E-state index is 5.68. The van der Waals surface area contributed by atoms with E-state index in [1.807, 2.05) is 6.07 Å². The number of ether oxygens (including phenoxy) is 2. The van der Waals surface area contributed by atoms with Gasteiger partial charge in [-0.3, -0.25) is 0 Å². The number of hydrogen-bond acceptors (Lipinski definition) is 2. The molecular formula is C22H28O2. The van der Waals surface area contributed by atoms with Gasteiger partial charge in [-0.1, -0.05) is 70.2 Å². The maximum atomic E-state index is 5.68. The molecule has 0 fully saturated rings. The zero-order valence-corrected chi connectivity index (χ0v) is 15.2. The van der Waals surface area contributed by atoms with Crippen LogP contribution < -0.4 is 4.74 Å². The highest BCUT2D eigenvalue weighted by Crippen LogP contribution is 2.37. The highest BCUT2D eigenvalue weighted by atomic mass is 16.5. The van der Waals surface area contributed by atoms with Crippen molar-refractivity contribution in [1.29, 1.82) is 0 Å². The van der Waals surface area contributed by atoms with Gasteiger partial charge in [0.25, 0.3) is 0 Å². The molecule has 0 aliphatic carbocycles. The summed E-state index contributed by atoms with van der Waals surface area (Å²) in [6.45, 7) is 10.5. The van der Waals surface area contributed by atoms with Crippen molar-refractivity contribution in [2.75, 3.05) is 6.61 Å². The normalized spacial score (nSPS) is 21.1. The third kappa shape index (κ3) is 3.49. The smallest absolute Gasteiger partial charge is 0.122 e. The first-order chi connectivity index (χ1) is 11.6. The van der Waals surface area contributed by atoms with E-state index in [4.69, 9.17) is 9.47 Å². The third-order valence-electron chi connectivity index (χ3n) is 4.93. The van der Waals surface area contributed by atoms with Gasteiger partial charge in [0.15, 0.2) is 0 Å². The lowest BCUT2D eigenvalue weighted by Crippen LogP contribution is -2.07. The first-order valence-corrected chi connectivity index (χ1v) is 8.99. The summed E-state index contributed by atoms with van der Waals surface area (Å²) in [4.78, 5) is 0. The molecule has 2 nitrogen and oxygen atoms in total. The number of fused-ring (bicyclic) bond motifs is 2. The van der Waals surface area contributed by atoms with E-state index >= 15 is 0 Å². The quantitative estimate of drug-likeness (QED) is 0.702. The molecule has 128 valence electrons. The minimum Gasteiger partial charge on any atom is -0.493 e. The maximum Gasteiger partial charge on any atom is 0.122 e. The lowest BCUT2D eigenvalue weighted by Gasteiger charge is -2.14. The van der Waals surface area contributed by atoms with Crippen molar-refractivity contribution in [3.05, 3.63) is 65.2 Å². The summed E-state index contributed by atoms with van der Waals surface area (Å²) in [6, 6.07) is 16.8. The van der Waals surface area contributed by atoms with Crippen molar-refractivity contribution < 1.29 is 9.47 Å². The minimum atomic E-state index is 0.321. The Morgan fingerprint density at radius 2 is 1.50 bits per heavy atom. The zero-order valence-electron chi connectivity index (χ0n) is 15.2. The van der Waals surface area contributed by atoms with Crippen molar-refractivity contribution in [3.63, 3.8) is 0 Å². The monoisotopic (exact) mass is 324 g/mol. The molecule has 0 saturated carbocycles. The standard InChI is InChI=1S/2C11H14O/c1-8(2)10-7-12-11-6-4-3-5-9(10)11;1-8(2)11-10-6-4-3-5-9(10)7-12-11/h3-6,8,10H,7H2,1-2H3;3-6,8,11H,7H2,1-2H3. The Bertz CT molecular complexity index is 616. The number of hydrogen-bond donors (Lipinski definition) is 0. The molecule has 4 rings (SSSR count). The molecule has 0 bridgehead atoms. The largest absolute Gasteiger partial charge is 0.493 e. The van der Waals surface area contributed by atoms with E-state index in [1.54, 1.807) is 0 Å². The fraction of sp³-hybridized carbons (Fsp3) is 0.455. The van der Waals surface area contributed by atoms with Gasteiger partial charge < -0.3 is 9.47 Å². The SMILES string of the molecule is CC(C)C1COc2ccccc21.CC(C)C1OCc2ccccc21. The van der Waals surface area contributed by atoms with Gasteiger partial charge in [0.1, 0.15) is 5.75 Å². The topological polar surface area (TPSA) is 18.5 Å². The predicted molar refractivity (Wildman–Crippen MR) is 98.3 cm³/mol. The first kappa shape index (κ1) is 17.0. The summed E-state index contributed by atoms with van der Waals surface area (Å²) in [5.74, 6) is 2.93. The molecule has 24 heavy (non-hydrogen) atoms. The van der Waals surface area contributed by atoms with E-state index in [2.05, 4.69) is 70.2 Å². The van der Waals surface area contributed by atoms with Gasteiger partial charge in [-0.2, -0.15) is 0 Å². The predicted octanol–water partition coefficient (Wildman–Crippen LogP) is 5.73. The van der Waals surface area contributed by atoms with Crippen LogP contribution in [0.5, 0.6) is 5.75 Å². The summed E-state index contributed by atoms with van der Waals surface area (Å²) in [5.41, 5.74) is 4.12. The van der Waals surface area contributed by atoms with Crippen LogP contribution in [0.15, 0.2) is 48.5 Å². The molecule has 0 aromatic heterocycles. The Labute approximate surface area is 145 Å². The van der Waals surface area contributed by atoms with Gasteiger partial charge in [-0.05, 0) is 29.0 Å². The fourth-order valence-corrected chi connectivity index (χ4v) is 3.50. The van der Waals surface area contributed by atoms with Crippen LogP contribution in [0.1, 0.15) is 56.4 Å². The van der Waals surface area contributed by atoms with Crippen molar-refractivity contribution >= 4 is 0 Å². The highest BCUT2D eigenvalue weighted by Gasteiger charge is 2.26. The van der Waals surface area contributed by atoms with E-state index < -0.39 is 0 Å². The molecule has 0 amide bonds. The van der Waals surface area contributed by atoms with E-state index in [0.717, 1.165) is 19.0 Å². The molecule has 2 aliphatic heterocycles. The summed E-state index contributed by atoms with van der Waals surface area (Å²) in [5, 5.41) is 0. The third-order valence-corrected chi connectivity index (χ3v) is 4.93. The van der Waals surface area contributed by atoms with Crippen LogP contribution in [-0.2, 0) is 11.3 Å². The number of rotatable bonds is 2. The molecule has 0 radical (unpaired) electrons. The van der Waals surface area contributed by atoms with Crippen molar-refractivity contribution in [3.8, 4) is 5.75 Å². The van der Waals surface area contributed by atoms with Crippen LogP contribution >= 0.6 is 0 Å². The number of benzene rings is 2. The van der Waals surface area contributed by atoms with E-state index in [-0.39, 0.29) is 0 Å². The van der Waals surface area contributed by atoms with Crippen LogP contribution in [0.3, 0.4) is 0 Å². The molecule has 2 atom stereocenters. The minimum absolute atomic E-state index is 0.321. The molecule has 2 heteroatoms. The summed E-state index contributed by atoms with van der Waals surface area (Å²) < 4.78 is 11.3. The lowest BCUT2D eigenvalue weighted by molar-refractivity contribution is 0.0341. The highest BCUT2D eigenvalue weighted by molar-refractivity contribution is 5.39. The van der Waals surface area contributed by atoms with E-state index in [1.165, 1.54) is 16.7 Å². The Kier molecular flexibility index (Phi) is 5.25. The van der Waals surface area contributed by atoms with Crippen molar-refractivity contribution in [2.24, 2.45) is 11.8 Å². The average Bonchev–Trinajstić information content (AvgIpc) is 3.19. The molecule has 0 N–H and O–H groups in total. The van der Waals surface area contributed by atoms with Gasteiger partial charge in [-0.25, -0.2) is 0 Å². The summed E-state index contributed by atoms with van der Waals surface area (Å²) in [7, 11) is 0. The van der Waals surface area contributed by atoms with Crippen LogP contribution in [0.25, 0.3) is 0 Å². The fourth-order valence-electron chi connectivity index (χ4n) is 3.50. The van der Waals surface area contributed by atoms with Gasteiger partial charge >= 0.3 is 0 Å². The molecule has 2 aliphatic rings. The Hall–Kier alpha value is -1.80. The second-order valence-electron chi connectivity index (χ2n) is 7.37. The number of para-hydroxylation sites is 1. The molecule has 0 saturated heterocycles. The van der Waals surface area contributed by atoms with Gasteiger partial charge in [-0.15, -0.1) is 0 Å². The van der Waals surface area contributed by atoms with Crippen LogP contribution in [-0.4, -0.2) is 6.61 Å². The Morgan fingerprint density at radius 3 is 2.21 bits per heavy atom. The Morgan fingerprint density at radius 1 is 0.833 bits per heavy atom. The van der Waals surface area contributed by atoms with Gasteiger partial charge in [0.05, 0.1) is 19.3 Å². The Balaban J connectivity index is 0.000000141. The molecule has 2 heterocycles. The molecule has 2 unspecified atom stereocenters. The molecule has 2 aromatic carbocycles. The summed E-state index contributed by atoms with van der Waals surface area (Å²) >= 11 is 0. The van der Waals surface area contributed by atoms with Crippen LogP contribution in [0.4, 0.5) is 0 Å². The van der Waals surface area contributed by atoms with Gasteiger partial charge in [0.2, 0.25) is 0 Å². The van der Waals surface area contributed by atoms with Crippen molar-refractivity contribution in [1.82, 2.24) is 0 Å². The zero-order chi connectivity index (χ0) is 17.1. The summed E-state index contributed by atoms with van der Waals surface area (Å²) in [6.07, 6.45) is 0.321.